The zero-order valence-electron chi connectivity index (χ0n) is 16.2. The van der Waals surface area contributed by atoms with Gasteiger partial charge in [-0.3, -0.25) is 14.9 Å². The maximum atomic E-state index is 12.2. The van der Waals surface area contributed by atoms with Crippen LogP contribution in [-0.4, -0.2) is 26.8 Å². The fourth-order valence-electron chi connectivity index (χ4n) is 2.57. The molecular formula is C20H20N4O4S. The van der Waals surface area contributed by atoms with Gasteiger partial charge in [-0.2, -0.15) is 0 Å². The number of nitrogens with one attached hydrogen (secondary N) is 1. The monoisotopic (exact) mass is 412 g/mol. The molecule has 2 aromatic carbocycles. The summed E-state index contributed by atoms with van der Waals surface area (Å²) in [7, 11) is 0. The molecule has 9 heteroatoms. The summed E-state index contributed by atoms with van der Waals surface area (Å²) in [6.07, 6.45) is 0. The summed E-state index contributed by atoms with van der Waals surface area (Å²) >= 11 is 1.06. The van der Waals surface area contributed by atoms with Crippen molar-refractivity contribution in [3.8, 4) is 11.5 Å². The lowest BCUT2D eigenvalue weighted by Gasteiger charge is -2.19. The summed E-state index contributed by atoms with van der Waals surface area (Å²) in [6, 6.07) is 13.8. The molecule has 0 spiro atoms. The van der Waals surface area contributed by atoms with Crippen LogP contribution in [0.3, 0.4) is 0 Å². The number of para-hydroxylation sites is 1. The molecule has 8 nitrogen and oxygen atoms in total. The van der Waals surface area contributed by atoms with E-state index in [1.54, 1.807) is 12.1 Å². The predicted octanol–water partition coefficient (Wildman–Crippen LogP) is 4.67. The van der Waals surface area contributed by atoms with Crippen LogP contribution in [0.25, 0.3) is 11.5 Å². The van der Waals surface area contributed by atoms with Gasteiger partial charge in [0.05, 0.1) is 10.7 Å². The lowest BCUT2D eigenvalue weighted by atomic mass is 9.87. The molecule has 0 aliphatic rings. The summed E-state index contributed by atoms with van der Waals surface area (Å²) in [5.41, 5.74) is 2.04. The molecule has 1 amide bonds. The van der Waals surface area contributed by atoms with E-state index in [9.17, 15) is 14.9 Å². The van der Waals surface area contributed by atoms with E-state index < -0.39 is 4.92 Å². The van der Waals surface area contributed by atoms with Crippen molar-refractivity contribution in [3.05, 3.63) is 64.2 Å². The van der Waals surface area contributed by atoms with Crippen molar-refractivity contribution in [2.75, 3.05) is 11.1 Å². The Morgan fingerprint density at radius 1 is 1.14 bits per heavy atom. The van der Waals surface area contributed by atoms with Crippen LogP contribution in [0, 0.1) is 10.1 Å². The first-order valence-corrected chi connectivity index (χ1v) is 9.83. The average Bonchev–Trinajstić information content (AvgIpc) is 3.15. The van der Waals surface area contributed by atoms with Gasteiger partial charge >= 0.3 is 0 Å². The molecule has 3 aromatic rings. The Labute approximate surface area is 171 Å². The Bertz CT molecular complexity index is 1030. The van der Waals surface area contributed by atoms with E-state index >= 15 is 0 Å². The van der Waals surface area contributed by atoms with Crippen molar-refractivity contribution >= 4 is 29.0 Å². The van der Waals surface area contributed by atoms with Crippen LogP contribution in [0.2, 0.25) is 0 Å². The molecule has 0 aliphatic carbocycles. The number of benzene rings is 2. The van der Waals surface area contributed by atoms with Crippen LogP contribution in [0.1, 0.15) is 26.3 Å². The third-order valence-corrected chi connectivity index (χ3v) is 4.92. The number of carbonyl (C=O) groups excluding carboxylic acids is 1. The van der Waals surface area contributed by atoms with Gasteiger partial charge in [0.1, 0.15) is 5.56 Å². The van der Waals surface area contributed by atoms with Crippen molar-refractivity contribution < 1.29 is 14.1 Å². The second-order valence-corrected chi connectivity index (χ2v) is 8.24. The van der Waals surface area contributed by atoms with Gasteiger partial charge in [-0.05, 0) is 29.2 Å². The van der Waals surface area contributed by atoms with E-state index in [4.69, 9.17) is 4.42 Å². The van der Waals surface area contributed by atoms with Crippen molar-refractivity contribution in [2.45, 2.75) is 31.4 Å². The Hall–Kier alpha value is -3.20. The highest BCUT2D eigenvalue weighted by molar-refractivity contribution is 7.99. The van der Waals surface area contributed by atoms with Crippen LogP contribution in [0.15, 0.2) is 58.2 Å². The lowest BCUT2D eigenvalue weighted by molar-refractivity contribution is -0.384. The number of nitro benzene ring substituents is 1. The second kappa shape index (κ2) is 8.44. The van der Waals surface area contributed by atoms with Gasteiger partial charge in [-0.15, -0.1) is 10.2 Å². The molecule has 0 atom stereocenters. The van der Waals surface area contributed by atoms with Gasteiger partial charge in [0, 0.05) is 11.8 Å². The number of hydrogen-bond acceptors (Lipinski definition) is 7. The fraction of sp³-hybridized carbons (Fsp3) is 0.250. The molecule has 0 unspecified atom stereocenters. The molecule has 29 heavy (non-hydrogen) atoms. The van der Waals surface area contributed by atoms with Crippen molar-refractivity contribution in [1.82, 2.24) is 10.2 Å². The van der Waals surface area contributed by atoms with Gasteiger partial charge in [0.15, 0.2) is 0 Å². The van der Waals surface area contributed by atoms with Crippen LogP contribution in [0.4, 0.5) is 11.4 Å². The van der Waals surface area contributed by atoms with Crippen LogP contribution in [0.5, 0.6) is 0 Å². The Morgan fingerprint density at radius 3 is 2.48 bits per heavy atom. The first-order chi connectivity index (χ1) is 13.7. The highest BCUT2D eigenvalue weighted by Gasteiger charge is 2.20. The van der Waals surface area contributed by atoms with Crippen molar-refractivity contribution in [3.63, 3.8) is 0 Å². The SMILES string of the molecule is CC(C)(C)c1ccc(NC(=O)CSc2nnc(-c3ccccc3[N+](=O)[O-])o2)cc1. The van der Waals surface area contributed by atoms with Gasteiger partial charge < -0.3 is 9.73 Å². The van der Waals surface area contributed by atoms with E-state index in [0.29, 0.717) is 5.69 Å². The highest BCUT2D eigenvalue weighted by atomic mass is 32.2. The van der Waals surface area contributed by atoms with Crippen molar-refractivity contribution in [2.24, 2.45) is 0 Å². The second-order valence-electron chi connectivity index (χ2n) is 7.31. The van der Waals surface area contributed by atoms with Gasteiger partial charge in [-0.25, -0.2) is 0 Å². The van der Waals surface area contributed by atoms with Gasteiger partial charge in [0.2, 0.25) is 5.91 Å². The minimum absolute atomic E-state index is 0.0398. The van der Waals surface area contributed by atoms with Crippen LogP contribution in [-0.2, 0) is 10.2 Å². The number of amides is 1. The number of nitro groups is 1. The molecule has 150 valence electrons. The molecular weight excluding hydrogens is 392 g/mol. The molecule has 1 heterocycles. The maximum Gasteiger partial charge on any atom is 0.282 e. The molecule has 3 rings (SSSR count). The summed E-state index contributed by atoms with van der Waals surface area (Å²) in [5, 5.41) is 21.8. The minimum atomic E-state index is -0.509. The Balaban J connectivity index is 1.60. The molecule has 0 radical (unpaired) electrons. The normalized spacial score (nSPS) is 11.3. The summed E-state index contributed by atoms with van der Waals surface area (Å²) in [4.78, 5) is 22.8. The largest absolute Gasteiger partial charge is 0.411 e. The number of carbonyl (C=O) groups is 1. The van der Waals surface area contributed by atoms with E-state index in [0.717, 1.165) is 11.8 Å². The highest BCUT2D eigenvalue weighted by Crippen LogP contribution is 2.30. The molecule has 0 aliphatic heterocycles. The molecule has 0 saturated heterocycles. The minimum Gasteiger partial charge on any atom is -0.411 e. The summed E-state index contributed by atoms with van der Waals surface area (Å²) < 4.78 is 5.47. The molecule has 1 N–H and O–H groups in total. The Kier molecular flexibility index (Phi) is 5.97. The number of anilines is 1. The molecule has 1 aromatic heterocycles. The van der Waals surface area contributed by atoms with E-state index in [1.165, 1.54) is 17.7 Å². The zero-order chi connectivity index (χ0) is 21.0. The van der Waals surface area contributed by atoms with E-state index in [-0.39, 0.29) is 39.4 Å². The standard InChI is InChI=1S/C20H20N4O4S/c1-20(2,3)13-8-10-14(11-9-13)21-17(25)12-29-19-23-22-18(28-19)15-6-4-5-7-16(15)24(26)27/h4-11H,12H2,1-3H3,(H,21,25). The van der Waals surface area contributed by atoms with Crippen LogP contribution < -0.4 is 5.32 Å². The van der Waals surface area contributed by atoms with Gasteiger partial charge in [0.25, 0.3) is 16.8 Å². The number of aromatic nitrogens is 2. The smallest absolute Gasteiger partial charge is 0.282 e. The maximum absolute atomic E-state index is 12.2. The van der Waals surface area contributed by atoms with E-state index in [2.05, 4.69) is 36.3 Å². The van der Waals surface area contributed by atoms with Gasteiger partial charge in [-0.1, -0.05) is 56.8 Å². The summed E-state index contributed by atoms with van der Waals surface area (Å²) in [5.74, 6) is -0.110. The van der Waals surface area contributed by atoms with Crippen LogP contribution >= 0.6 is 11.8 Å². The number of hydrogen-bond donors (Lipinski definition) is 1. The number of thioether (sulfide) groups is 1. The quantitative estimate of drug-likeness (QED) is 0.356. The third kappa shape index (κ3) is 5.20. The zero-order valence-corrected chi connectivity index (χ0v) is 17.0. The number of rotatable bonds is 6. The first-order valence-electron chi connectivity index (χ1n) is 8.84. The van der Waals surface area contributed by atoms with Crippen molar-refractivity contribution in [1.29, 1.82) is 0 Å². The topological polar surface area (TPSA) is 111 Å². The number of nitrogens with zero attached hydrogens (tertiary/aromatic N) is 3. The average molecular weight is 412 g/mol. The predicted molar refractivity (Wildman–Crippen MR) is 111 cm³/mol. The van der Waals surface area contributed by atoms with E-state index in [1.807, 2.05) is 24.3 Å². The lowest BCUT2D eigenvalue weighted by Crippen LogP contribution is -2.15. The molecule has 0 fully saturated rings. The Morgan fingerprint density at radius 2 is 1.83 bits per heavy atom. The summed E-state index contributed by atoms with van der Waals surface area (Å²) in [6.45, 7) is 6.37. The fourth-order valence-corrected chi connectivity index (χ4v) is 3.13. The third-order valence-electron chi connectivity index (χ3n) is 4.10. The first kappa shape index (κ1) is 20.5. The molecule has 0 saturated carbocycles. The molecule has 0 bridgehead atoms.